The molecule has 142 valence electrons. The van der Waals surface area contributed by atoms with Crippen LogP contribution in [0.1, 0.15) is 28.7 Å². The van der Waals surface area contributed by atoms with Crippen molar-refractivity contribution < 1.29 is 23.6 Å². The van der Waals surface area contributed by atoms with Crippen LogP contribution in [0.25, 0.3) is 0 Å². The Morgan fingerprint density at radius 3 is 2.85 bits per heavy atom. The summed E-state index contributed by atoms with van der Waals surface area (Å²) < 4.78 is 10.3. The molecule has 1 aliphatic heterocycles. The predicted octanol–water partition coefficient (Wildman–Crippen LogP) is 2.37. The lowest BCUT2D eigenvalue weighted by Crippen LogP contribution is -2.41. The third-order valence-electron chi connectivity index (χ3n) is 3.91. The lowest BCUT2D eigenvalue weighted by Gasteiger charge is -2.18. The van der Waals surface area contributed by atoms with E-state index in [9.17, 15) is 14.4 Å². The number of hydrogen-bond acceptors (Lipinski definition) is 7. The zero-order valence-corrected chi connectivity index (χ0v) is 15.7. The van der Waals surface area contributed by atoms with E-state index in [1.54, 1.807) is 18.2 Å². The molecule has 8 nitrogen and oxygen atoms in total. The zero-order chi connectivity index (χ0) is 19.4. The van der Waals surface area contributed by atoms with Gasteiger partial charge in [0.25, 0.3) is 5.91 Å². The summed E-state index contributed by atoms with van der Waals surface area (Å²) in [6.45, 7) is 3.93. The summed E-state index contributed by atoms with van der Waals surface area (Å²) in [5, 5.41) is 6.47. The quantitative estimate of drug-likeness (QED) is 0.598. The van der Waals surface area contributed by atoms with Crippen LogP contribution in [0.5, 0.6) is 0 Å². The molecule has 1 saturated heterocycles. The lowest BCUT2D eigenvalue weighted by atomic mass is 10.2. The minimum absolute atomic E-state index is 0.267. The Bertz CT molecular complexity index is 866. The third kappa shape index (κ3) is 4.48. The second kappa shape index (κ2) is 8.26. The maximum atomic E-state index is 12.6. The van der Waals surface area contributed by atoms with Crippen molar-refractivity contribution in [3.8, 4) is 0 Å². The number of nitrogens with one attached hydrogen (secondary N) is 1. The number of carbonyl (C=O) groups excluding carboxylic acids is 3. The van der Waals surface area contributed by atoms with Crippen molar-refractivity contribution in [3.63, 3.8) is 0 Å². The number of aromatic nitrogens is 1. The maximum Gasteiger partial charge on any atom is 0.340 e. The van der Waals surface area contributed by atoms with Gasteiger partial charge in [-0.15, -0.1) is 11.8 Å². The monoisotopic (exact) mass is 389 g/mol. The highest BCUT2D eigenvalue weighted by Gasteiger charge is 2.32. The van der Waals surface area contributed by atoms with Gasteiger partial charge in [-0.3, -0.25) is 9.69 Å². The Balaban J connectivity index is 1.65. The first-order valence-electron chi connectivity index (χ1n) is 8.40. The minimum atomic E-state index is -1.06. The number of aryl methyl sites for hydroxylation is 1. The molecule has 2 heterocycles. The van der Waals surface area contributed by atoms with E-state index in [1.807, 2.05) is 19.1 Å². The smallest absolute Gasteiger partial charge is 0.340 e. The Morgan fingerprint density at radius 2 is 2.19 bits per heavy atom. The van der Waals surface area contributed by atoms with Gasteiger partial charge in [0.05, 0.1) is 11.3 Å². The first-order valence-corrected chi connectivity index (χ1v) is 9.38. The number of benzene rings is 1. The van der Waals surface area contributed by atoms with Gasteiger partial charge in [-0.25, -0.2) is 9.59 Å². The topological polar surface area (TPSA) is 102 Å². The number of esters is 1. The molecule has 1 atom stereocenters. The Kier molecular flexibility index (Phi) is 5.80. The first-order chi connectivity index (χ1) is 13.0. The molecule has 27 heavy (non-hydrogen) atoms. The molecule has 1 aliphatic rings. The van der Waals surface area contributed by atoms with E-state index in [2.05, 4.69) is 10.5 Å². The van der Waals surface area contributed by atoms with Crippen molar-refractivity contribution in [2.45, 2.75) is 30.6 Å². The van der Waals surface area contributed by atoms with Crippen molar-refractivity contribution in [1.29, 1.82) is 0 Å². The van der Waals surface area contributed by atoms with Crippen molar-refractivity contribution in [3.05, 3.63) is 47.3 Å². The molecule has 0 spiro atoms. The van der Waals surface area contributed by atoms with Crippen LogP contribution in [0.4, 0.5) is 4.79 Å². The highest BCUT2D eigenvalue weighted by Crippen LogP contribution is 2.27. The molecule has 1 N–H and O–H groups in total. The fourth-order valence-electron chi connectivity index (χ4n) is 2.57. The van der Waals surface area contributed by atoms with Crippen LogP contribution < -0.4 is 5.32 Å². The molecule has 0 unspecified atom stereocenters. The van der Waals surface area contributed by atoms with E-state index in [0.29, 0.717) is 22.8 Å². The predicted molar refractivity (Wildman–Crippen MR) is 97.2 cm³/mol. The molecule has 0 aliphatic carbocycles. The van der Waals surface area contributed by atoms with Gasteiger partial charge in [0.15, 0.2) is 6.10 Å². The van der Waals surface area contributed by atoms with Crippen molar-refractivity contribution in [2.75, 3.05) is 13.1 Å². The fourth-order valence-corrected chi connectivity index (χ4v) is 3.50. The van der Waals surface area contributed by atoms with Crippen LogP contribution in [0.15, 0.2) is 39.8 Å². The highest BCUT2D eigenvalue weighted by molar-refractivity contribution is 7.98. The van der Waals surface area contributed by atoms with Gasteiger partial charge >= 0.3 is 12.0 Å². The van der Waals surface area contributed by atoms with E-state index >= 15 is 0 Å². The molecular weight excluding hydrogens is 370 g/mol. The van der Waals surface area contributed by atoms with Gasteiger partial charge in [-0.2, -0.15) is 0 Å². The highest BCUT2D eigenvalue weighted by atomic mass is 32.2. The van der Waals surface area contributed by atoms with Crippen LogP contribution in [-0.2, 0) is 15.3 Å². The number of rotatable bonds is 6. The summed E-state index contributed by atoms with van der Waals surface area (Å²) in [6, 6.07) is 8.34. The standard InChI is InChI=1S/C18H19N3O5S/c1-11-9-13(20-26-11)10-27-15-6-4-3-5-14(15)17(23)25-12(2)16(22)21-8-7-19-18(21)24/h3-6,9,12H,7-8,10H2,1-2H3,(H,19,24)/t12-/m0/s1. The molecule has 0 radical (unpaired) electrons. The summed E-state index contributed by atoms with van der Waals surface area (Å²) in [5.74, 6) is 0.0948. The number of imide groups is 1. The molecule has 0 bridgehead atoms. The summed E-state index contributed by atoms with van der Waals surface area (Å²) >= 11 is 1.42. The Hall–Kier alpha value is -2.81. The summed E-state index contributed by atoms with van der Waals surface area (Å²) in [6.07, 6.45) is -1.06. The van der Waals surface area contributed by atoms with Gasteiger partial charge in [-0.1, -0.05) is 17.3 Å². The van der Waals surface area contributed by atoms with Crippen LogP contribution in [0.3, 0.4) is 0 Å². The van der Waals surface area contributed by atoms with Crippen LogP contribution >= 0.6 is 11.8 Å². The number of carbonyl (C=O) groups is 3. The third-order valence-corrected chi connectivity index (χ3v) is 5.02. The van der Waals surface area contributed by atoms with Crippen LogP contribution in [0, 0.1) is 6.92 Å². The van der Waals surface area contributed by atoms with E-state index < -0.39 is 24.0 Å². The van der Waals surface area contributed by atoms with Crippen molar-refractivity contribution >= 4 is 29.7 Å². The molecule has 0 saturated carbocycles. The molecule has 2 aromatic rings. The number of thioether (sulfide) groups is 1. The molecule has 9 heteroatoms. The SMILES string of the molecule is Cc1cc(CSc2ccccc2C(=O)O[C@@H](C)C(=O)N2CCNC2=O)no1. The number of nitrogens with zero attached hydrogens (tertiary/aromatic N) is 2. The van der Waals surface area contributed by atoms with Gasteiger partial charge < -0.3 is 14.6 Å². The number of urea groups is 1. The zero-order valence-electron chi connectivity index (χ0n) is 14.9. The number of ether oxygens (including phenoxy) is 1. The van der Waals surface area contributed by atoms with Crippen molar-refractivity contribution in [2.24, 2.45) is 0 Å². The average molecular weight is 389 g/mol. The molecule has 1 aromatic heterocycles. The molecule has 3 amide bonds. The van der Waals surface area contributed by atoms with Gasteiger partial charge in [0.1, 0.15) is 5.76 Å². The normalized spacial score (nSPS) is 14.7. The summed E-state index contributed by atoms with van der Waals surface area (Å²) in [4.78, 5) is 38.2. The molecule has 1 fully saturated rings. The van der Waals surface area contributed by atoms with E-state index in [0.717, 1.165) is 16.4 Å². The minimum Gasteiger partial charge on any atom is -0.449 e. The average Bonchev–Trinajstić information content (AvgIpc) is 3.27. The molecule has 1 aromatic carbocycles. The van der Waals surface area contributed by atoms with Crippen LogP contribution in [0.2, 0.25) is 0 Å². The van der Waals surface area contributed by atoms with E-state index in [1.165, 1.54) is 18.7 Å². The van der Waals surface area contributed by atoms with Crippen LogP contribution in [-0.4, -0.2) is 47.2 Å². The van der Waals surface area contributed by atoms with Gasteiger partial charge in [-0.05, 0) is 26.0 Å². The second-order valence-electron chi connectivity index (χ2n) is 5.98. The van der Waals surface area contributed by atoms with Gasteiger partial charge in [0.2, 0.25) is 0 Å². The number of amides is 3. The second-order valence-corrected chi connectivity index (χ2v) is 7.00. The molecular formula is C18H19N3O5S. The first kappa shape index (κ1) is 19.0. The maximum absolute atomic E-state index is 12.6. The fraction of sp³-hybridized carbons (Fsp3) is 0.333. The van der Waals surface area contributed by atoms with Gasteiger partial charge in [0, 0.05) is 29.8 Å². The Labute approximate surface area is 160 Å². The van der Waals surface area contributed by atoms with E-state index in [-0.39, 0.29) is 6.54 Å². The summed E-state index contributed by atoms with van der Waals surface area (Å²) in [7, 11) is 0. The summed E-state index contributed by atoms with van der Waals surface area (Å²) in [5.41, 5.74) is 1.12. The van der Waals surface area contributed by atoms with Crippen molar-refractivity contribution in [1.82, 2.24) is 15.4 Å². The Morgan fingerprint density at radius 1 is 1.41 bits per heavy atom. The lowest BCUT2D eigenvalue weighted by molar-refractivity contribution is -0.136. The molecule has 3 rings (SSSR count). The number of hydrogen-bond donors (Lipinski definition) is 1. The van der Waals surface area contributed by atoms with E-state index in [4.69, 9.17) is 9.26 Å². The largest absolute Gasteiger partial charge is 0.449 e.